The van der Waals surface area contributed by atoms with Gasteiger partial charge in [-0.3, -0.25) is 9.59 Å². The van der Waals surface area contributed by atoms with Gasteiger partial charge in [0.15, 0.2) is 23.3 Å². The van der Waals surface area contributed by atoms with Crippen LogP contribution in [0.4, 0.5) is 22.7 Å². The average Bonchev–Trinajstić information content (AvgIpc) is 3.50. The number of aromatic nitrogens is 4. The maximum atomic E-state index is 13.3. The normalized spacial score (nSPS) is 11.1. The second-order valence-electron chi connectivity index (χ2n) is 8.41. The first-order chi connectivity index (χ1) is 18.2. The summed E-state index contributed by atoms with van der Waals surface area (Å²) in [6.07, 6.45) is 2.86. The van der Waals surface area contributed by atoms with Crippen LogP contribution in [0.2, 0.25) is 0 Å². The Kier molecular flexibility index (Phi) is 9.24. The first-order valence-corrected chi connectivity index (χ1v) is 13.2. The highest BCUT2D eigenvalue weighted by Crippen LogP contribution is 2.20. The number of carbonyl (C=O) groups excluding carboxylic acids is 2. The van der Waals surface area contributed by atoms with E-state index in [1.807, 2.05) is 0 Å². The van der Waals surface area contributed by atoms with E-state index in [1.165, 1.54) is 34.8 Å². The Hall–Kier alpha value is -3.58. The molecule has 0 atom stereocenters. The molecule has 2 aromatic carbocycles. The van der Waals surface area contributed by atoms with E-state index in [0.29, 0.717) is 34.1 Å². The van der Waals surface area contributed by atoms with Crippen LogP contribution in [0.25, 0.3) is 0 Å². The molecule has 0 aliphatic heterocycles. The molecule has 0 aliphatic rings. The lowest BCUT2D eigenvalue weighted by molar-refractivity contribution is -0.118. The topological polar surface area (TPSA) is 97.7 Å². The molecule has 7 nitrogen and oxygen atoms in total. The van der Waals surface area contributed by atoms with Gasteiger partial charge in [0.1, 0.15) is 20.8 Å². The summed E-state index contributed by atoms with van der Waals surface area (Å²) in [6.45, 7) is 0. The Balaban J connectivity index is 1.16. The minimum atomic E-state index is -1.01. The number of hydrogen-bond donors (Lipinski definition) is 1. The summed E-state index contributed by atoms with van der Waals surface area (Å²) in [7, 11) is 0. The molecule has 0 spiro atoms. The third-order valence-corrected chi connectivity index (χ3v) is 7.22. The zero-order valence-electron chi connectivity index (χ0n) is 19.8. The van der Waals surface area contributed by atoms with Crippen molar-refractivity contribution < 1.29 is 27.2 Å². The lowest BCUT2D eigenvalue weighted by Gasteiger charge is -2.02. The van der Waals surface area contributed by atoms with Gasteiger partial charge in [0.05, 0.1) is 12.8 Å². The summed E-state index contributed by atoms with van der Waals surface area (Å²) in [6, 6.07) is 6.70. The van der Waals surface area contributed by atoms with Gasteiger partial charge in [-0.05, 0) is 48.2 Å². The van der Waals surface area contributed by atoms with Crippen LogP contribution in [0.1, 0.15) is 39.0 Å². The van der Waals surface area contributed by atoms with Crippen LogP contribution >= 0.6 is 22.7 Å². The van der Waals surface area contributed by atoms with Gasteiger partial charge in [0.25, 0.3) is 0 Å². The standard InChI is InChI=1S/C25H21F4N5O2S2/c26-17-7-5-14(10-19(17)28)9-16(35)13-24-33-31-22(37-24)3-1-2-4-23-32-34-25(38-23)30-21(36)12-15-6-8-18(27)20(29)11-15/h5-8,10-11H,1-4,9,12-13H2,(H,30,34,36). The second kappa shape index (κ2) is 12.8. The number of carbonyl (C=O) groups is 2. The Morgan fingerprint density at radius 3 is 1.84 bits per heavy atom. The minimum Gasteiger partial charge on any atom is -0.300 e. The highest BCUT2D eigenvalue weighted by atomic mass is 32.1. The van der Waals surface area contributed by atoms with Gasteiger partial charge < -0.3 is 5.32 Å². The fourth-order valence-corrected chi connectivity index (χ4v) is 5.24. The van der Waals surface area contributed by atoms with Gasteiger partial charge in [0.2, 0.25) is 11.0 Å². The third-order valence-electron chi connectivity index (χ3n) is 5.34. The molecule has 0 radical (unpaired) electrons. The number of aryl methyl sites for hydroxylation is 2. The lowest BCUT2D eigenvalue weighted by atomic mass is 10.1. The molecule has 1 amide bonds. The number of benzene rings is 2. The Morgan fingerprint density at radius 1 is 0.658 bits per heavy atom. The lowest BCUT2D eigenvalue weighted by Crippen LogP contribution is -2.14. The fraction of sp³-hybridized carbons (Fsp3) is 0.280. The maximum Gasteiger partial charge on any atom is 0.230 e. The molecule has 4 rings (SSSR count). The van der Waals surface area contributed by atoms with E-state index in [2.05, 4.69) is 25.7 Å². The molecule has 0 saturated heterocycles. The van der Waals surface area contributed by atoms with Crippen molar-refractivity contribution in [3.05, 3.63) is 85.8 Å². The fourth-order valence-electron chi connectivity index (χ4n) is 3.53. The Labute approximate surface area is 223 Å². The molecule has 1 N–H and O–H groups in total. The van der Waals surface area contributed by atoms with Crippen molar-refractivity contribution >= 4 is 39.5 Å². The van der Waals surface area contributed by atoms with Crippen molar-refractivity contribution in [3.63, 3.8) is 0 Å². The predicted molar refractivity (Wildman–Crippen MR) is 134 cm³/mol. The van der Waals surface area contributed by atoms with Crippen LogP contribution in [0, 0.1) is 23.3 Å². The van der Waals surface area contributed by atoms with E-state index in [4.69, 9.17) is 0 Å². The highest BCUT2D eigenvalue weighted by molar-refractivity contribution is 7.15. The summed E-state index contributed by atoms with van der Waals surface area (Å²) in [5, 5.41) is 21.2. The van der Waals surface area contributed by atoms with E-state index in [-0.39, 0.29) is 25.0 Å². The largest absolute Gasteiger partial charge is 0.300 e. The molecule has 0 bridgehead atoms. The van der Waals surface area contributed by atoms with Gasteiger partial charge in [-0.1, -0.05) is 23.5 Å². The number of nitrogens with zero attached hydrogens (tertiary/aromatic N) is 4. The van der Waals surface area contributed by atoms with E-state index < -0.39 is 29.2 Å². The first-order valence-electron chi connectivity index (χ1n) is 11.6. The van der Waals surface area contributed by atoms with Crippen LogP contribution < -0.4 is 5.32 Å². The minimum absolute atomic E-state index is 0.0127. The van der Waals surface area contributed by atoms with Crippen molar-refractivity contribution in [1.29, 1.82) is 0 Å². The maximum absolute atomic E-state index is 13.3. The van der Waals surface area contributed by atoms with Gasteiger partial charge >= 0.3 is 0 Å². The van der Waals surface area contributed by atoms with Crippen LogP contribution in [-0.2, 0) is 41.7 Å². The molecule has 198 valence electrons. The van der Waals surface area contributed by atoms with E-state index in [0.717, 1.165) is 47.1 Å². The van der Waals surface area contributed by atoms with Crippen LogP contribution in [0.15, 0.2) is 36.4 Å². The number of nitrogens with one attached hydrogen (secondary N) is 1. The zero-order chi connectivity index (χ0) is 27.1. The van der Waals surface area contributed by atoms with Crippen molar-refractivity contribution in [1.82, 2.24) is 20.4 Å². The molecule has 0 aliphatic carbocycles. The molecule has 2 aromatic heterocycles. The van der Waals surface area contributed by atoms with E-state index in [1.54, 1.807) is 0 Å². The average molecular weight is 564 g/mol. The van der Waals surface area contributed by atoms with Crippen molar-refractivity contribution in [2.45, 2.75) is 44.9 Å². The van der Waals surface area contributed by atoms with Gasteiger partial charge in [-0.15, -0.1) is 31.7 Å². The Morgan fingerprint density at radius 2 is 1.21 bits per heavy atom. The Bertz CT molecular complexity index is 1340. The molecule has 0 fully saturated rings. The second-order valence-corrected chi connectivity index (χ2v) is 10.6. The van der Waals surface area contributed by atoms with Crippen LogP contribution in [0.3, 0.4) is 0 Å². The number of rotatable bonds is 12. The number of hydrogen-bond acceptors (Lipinski definition) is 8. The number of anilines is 1. The predicted octanol–water partition coefficient (Wildman–Crippen LogP) is 5.05. The number of Topliss-reactive ketones (excluding diaryl/α,β-unsaturated/α-hetero) is 1. The SMILES string of the molecule is O=C(Cc1ccc(F)c(F)c1)Cc1nnc(CCCCc2nnc(NC(=O)Cc3ccc(F)c(F)c3)s2)s1. The molecular weight excluding hydrogens is 542 g/mol. The summed E-state index contributed by atoms with van der Waals surface area (Å²) in [5.41, 5.74) is 0.750. The zero-order valence-corrected chi connectivity index (χ0v) is 21.5. The summed E-state index contributed by atoms with van der Waals surface area (Å²) in [4.78, 5) is 24.4. The van der Waals surface area contributed by atoms with Crippen molar-refractivity contribution in [2.24, 2.45) is 0 Å². The smallest absolute Gasteiger partial charge is 0.230 e. The highest BCUT2D eigenvalue weighted by Gasteiger charge is 2.13. The van der Waals surface area contributed by atoms with Crippen LogP contribution in [0.5, 0.6) is 0 Å². The van der Waals surface area contributed by atoms with E-state index >= 15 is 0 Å². The van der Waals surface area contributed by atoms with Gasteiger partial charge in [0, 0.05) is 19.3 Å². The summed E-state index contributed by atoms with van der Waals surface area (Å²) >= 11 is 2.58. The van der Waals surface area contributed by atoms with Crippen molar-refractivity contribution in [3.8, 4) is 0 Å². The van der Waals surface area contributed by atoms with E-state index in [9.17, 15) is 27.2 Å². The molecule has 13 heteroatoms. The first kappa shape index (κ1) is 27.5. The van der Waals surface area contributed by atoms with Crippen LogP contribution in [-0.4, -0.2) is 32.1 Å². The molecule has 0 unspecified atom stereocenters. The van der Waals surface area contributed by atoms with Crippen molar-refractivity contribution in [2.75, 3.05) is 5.32 Å². The summed E-state index contributed by atoms with van der Waals surface area (Å²) < 4.78 is 52.6. The molecule has 38 heavy (non-hydrogen) atoms. The number of ketones is 1. The quantitative estimate of drug-likeness (QED) is 0.192. The number of halogens is 4. The third kappa shape index (κ3) is 7.96. The summed E-state index contributed by atoms with van der Waals surface area (Å²) in [5.74, 6) is -4.49. The van der Waals surface area contributed by atoms with Gasteiger partial charge in [-0.2, -0.15) is 0 Å². The molecule has 2 heterocycles. The monoisotopic (exact) mass is 563 g/mol. The molecule has 0 saturated carbocycles. The molecule has 4 aromatic rings. The van der Waals surface area contributed by atoms with Gasteiger partial charge in [-0.25, -0.2) is 17.6 Å². The number of amides is 1. The molecular formula is C25H21F4N5O2S2. The number of unbranched alkanes of at least 4 members (excludes halogenated alkanes) is 1.